The third kappa shape index (κ3) is 4.11. The summed E-state index contributed by atoms with van der Waals surface area (Å²) >= 11 is 0. The van der Waals surface area contributed by atoms with E-state index in [0.29, 0.717) is 29.0 Å². The fourth-order valence-electron chi connectivity index (χ4n) is 2.99. The number of aliphatic carboxylic acids is 1. The van der Waals surface area contributed by atoms with Crippen molar-refractivity contribution in [1.82, 2.24) is 0 Å². The number of hydrogen-bond donors (Lipinski definition) is 2. The van der Waals surface area contributed by atoms with Gasteiger partial charge in [0.25, 0.3) is 0 Å². The van der Waals surface area contributed by atoms with Crippen LogP contribution in [0.5, 0.6) is 11.5 Å². The van der Waals surface area contributed by atoms with E-state index in [4.69, 9.17) is 9.47 Å². The van der Waals surface area contributed by atoms with Gasteiger partial charge < -0.3 is 19.7 Å². The number of hydrogen-bond acceptors (Lipinski definition) is 5. The predicted octanol–water partition coefficient (Wildman–Crippen LogP) is 3.66. The van der Waals surface area contributed by atoms with E-state index in [-0.39, 0.29) is 5.75 Å². The molecule has 0 aliphatic carbocycles. The molecular weight excluding hydrogens is 348 g/mol. The van der Waals surface area contributed by atoms with Crippen molar-refractivity contribution >= 4 is 18.0 Å². The summed E-state index contributed by atoms with van der Waals surface area (Å²) in [6, 6.07) is 11.4. The molecule has 0 saturated heterocycles. The quantitative estimate of drug-likeness (QED) is 0.597. The smallest absolute Gasteiger partial charge is 0.330 e. The van der Waals surface area contributed by atoms with Crippen LogP contribution in [-0.4, -0.2) is 28.8 Å². The third-order valence-corrected chi connectivity index (χ3v) is 4.27. The summed E-state index contributed by atoms with van der Waals surface area (Å²) in [6.45, 7) is 2.27. The van der Waals surface area contributed by atoms with Crippen molar-refractivity contribution in [1.29, 1.82) is 0 Å². The molecule has 2 aromatic carbocycles. The first-order chi connectivity index (χ1) is 13.0. The Kier molecular flexibility index (Phi) is 5.45. The largest absolute Gasteiger partial charge is 0.508 e. The molecule has 3 rings (SSSR count). The van der Waals surface area contributed by atoms with Crippen molar-refractivity contribution in [2.75, 3.05) is 6.61 Å². The molecule has 0 saturated carbocycles. The zero-order valence-corrected chi connectivity index (χ0v) is 14.8. The molecule has 27 heavy (non-hydrogen) atoms. The summed E-state index contributed by atoms with van der Waals surface area (Å²) in [7, 11) is 0. The molecule has 1 aliphatic heterocycles. The van der Waals surface area contributed by atoms with Gasteiger partial charge in [0.1, 0.15) is 23.5 Å². The molecule has 1 aliphatic rings. The maximum atomic E-state index is 11.9. The van der Waals surface area contributed by atoms with Crippen LogP contribution in [-0.2, 0) is 14.3 Å². The SMILES string of the molecule is CCCOC(=O)/C=C/c1ccc2c(c1)[C@H](C(=O)O)[C@@H](c1ccc(O)cc1)O2. The van der Waals surface area contributed by atoms with E-state index < -0.39 is 24.0 Å². The Balaban J connectivity index is 1.86. The lowest BCUT2D eigenvalue weighted by atomic mass is 9.90. The van der Waals surface area contributed by atoms with Crippen molar-refractivity contribution in [3.63, 3.8) is 0 Å². The monoisotopic (exact) mass is 368 g/mol. The molecule has 0 aromatic heterocycles. The minimum atomic E-state index is -1.00. The van der Waals surface area contributed by atoms with E-state index in [1.165, 1.54) is 18.2 Å². The molecular formula is C21H20O6. The molecule has 0 bridgehead atoms. The Labute approximate surface area is 156 Å². The van der Waals surface area contributed by atoms with E-state index in [1.54, 1.807) is 36.4 Å². The predicted molar refractivity (Wildman–Crippen MR) is 98.6 cm³/mol. The van der Waals surface area contributed by atoms with Crippen molar-refractivity contribution in [3.05, 3.63) is 65.2 Å². The summed E-state index contributed by atoms with van der Waals surface area (Å²) in [5.74, 6) is -1.74. The molecule has 0 fully saturated rings. The van der Waals surface area contributed by atoms with Gasteiger partial charge in [-0.05, 0) is 47.9 Å². The molecule has 6 nitrogen and oxygen atoms in total. The number of carboxylic acids is 1. The first-order valence-corrected chi connectivity index (χ1v) is 8.66. The van der Waals surface area contributed by atoms with Crippen LogP contribution in [0.4, 0.5) is 0 Å². The Morgan fingerprint density at radius 2 is 1.93 bits per heavy atom. The highest BCUT2D eigenvalue weighted by atomic mass is 16.5. The number of rotatable bonds is 6. The normalized spacial score (nSPS) is 18.1. The van der Waals surface area contributed by atoms with Crippen LogP contribution in [0.1, 0.15) is 42.1 Å². The van der Waals surface area contributed by atoms with Gasteiger partial charge in [0.2, 0.25) is 0 Å². The Bertz CT molecular complexity index is 869. The van der Waals surface area contributed by atoms with E-state index in [2.05, 4.69) is 0 Å². The van der Waals surface area contributed by atoms with Gasteiger partial charge in [0, 0.05) is 11.6 Å². The Morgan fingerprint density at radius 1 is 1.19 bits per heavy atom. The molecule has 1 heterocycles. The fraction of sp³-hybridized carbons (Fsp3) is 0.238. The van der Waals surface area contributed by atoms with Crippen LogP contribution in [0.3, 0.4) is 0 Å². The van der Waals surface area contributed by atoms with E-state index >= 15 is 0 Å². The number of benzene rings is 2. The van der Waals surface area contributed by atoms with Crippen LogP contribution in [0.2, 0.25) is 0 Å². The Morgan fingerprint density at radius 3 is 2.59 bits per heavy atom. The molecule has 2 atom stereocenters. The lowest BCUT2D eigenvalue weighted by Gasteiger charge is -2.16. The molecule has 6 heteroatoms. The molecule has 0 unspecified atom stereocenters. The maximum absolute atomic E-state index is 11.9. The number of esters is 1. The van der Waals surface area contributed by atoms with Crippen molar-refractivity contribution in [2.45, 2.75) is 25.4 Å². The lowest BCUT2D eigenvalue weighted by molar-refractivity contribution is -0.140. The van der Waals surface area contributed by atoms with E-state index in [1.807, 2.05) is 6.92 Å². The molecule has 140 valence electrons. The first-order valence-electron chi connectivity index (χ1n) is 8.66. The molecule has 2 aromatic rings. The second-order valence-corrected chi connectivity index (χ2v) is 6.24. The fourth-order valence-corrected chi connectivity index (χ4v) is 2.99. The first kappa shape index (κ1) is 18.5. The minimum absolute atomic E-state index is 0.100. The van der Waals surface area contributed by atoms with Gasteiger partial charge in [-0.2, -0.15) is 0 Å². The summed E-state index contributed by atoms with van der Waals surface area (Å²) in [6.07, 6.45) is 2.96. The highest BCUT2D eigenvalue weighted by Crippen LogP contribution is 2.46. The number of fused-ring (bicyclic) bond motifs is 1. The highest BCUT2D eigenvalue weighted by Gasteiger charge is 2.40. The minimum Gasteiger partial charge on any atom is -0.508 e. The van der Waals surface area contributed by atoms with Crippen LogP contribution in [0, 0.1) is 0 Å². The maximum Gasteiger partial charge on any atom is 0.330 e. The zero-order chi connectivity index (χ0) is 19.4. The van der Waals surface area contributed by atoms with Gasteiger partial charge in [-0.1, -0.05) is 25.1 Å². The molecule has 2 N–H and O–H groups in total. The standard InChI is InChI=1S/C21H20O6/c1-2-11-26-18(23)10-4-13-3-9-17-16(12-13)19(21(24)25)20(27-17)14-5-7-15(22)8-6-14/h3-10,12,19-20,22H,2,11H2,1H3,(H,24,25)/b10-4+/t19-,20+/m0/s1. The van der Waals surface area contributed by atoms with Gasteiger partial charge in [-0.25, -0.2) is 4.79 Å². The Hall–Kier alpha value is -3.28. The summed E-state index contributed by atoms with van der Waals surface area (Å²) in [4.78, 5) is 23.5. The number of aromatic hydroxyl groups is 1. The second-order valence-electron chi connectivity index (χ2n) is 6.24. The van der Waals surface area contributed by atoms with Crippen LogP contribution >= 0.6 is 0 Å². The van der Waals surface area contributed by atoms with Gasteiger partial charge in [-0.3, -0.25) is 4.79 Å². The molecule has 0 spiro atoms. The highest BCUT2D eigenvalue weighted by molar-refractivity contribution is 5.87. The van der Waals surface area contributed by atoms with Gasteiger partial charge in [0.15, 0.2) is 0 Å². The van der Waals surface area contributed by atoms with Gasteiger partial charge >= 0.3 is 11.9 Å². The molecule has 0 amide bonds. The van der Waals surface area contributed by atoms with Crippen LogP contribution in [0.25, 0.3) is 6.08 Å². The number of carbonyl (C=O) groups excluding carboxylic acids is 1. The lowest BCUT2D eigenvalue weighted by Crippen LogP contribution is -2.18. The van der Waals surface area contributed by atoms with Crippen LogP contribution < -0.4 is 4.74 Å². The summed E-state index contributed by atoms with van der Waals surface area (Å²) < 4.78 is 10.8. The average molecular weight is 368 g/mol. The second kappa shape index (κ2) is 7.95. The molecule has 0 radical (unpaired) electrons. The number of carboxylic acid groups (broad SMARTS) is 1. The summed E-state index contributed by atoms with van der Waals surface area (Å²) in [5, 5.41) is 19.2. The summed E-state index contributed by atoms with van der Waals surface area (Å²) in [5.41, 5.74) is 1.89. The number of carbonyl (C=O) groups is 2. The zero-order valence-electron chi connectivity index (χ0n) is 14.8. The van der Waals surface area contributed by atoms with E-state index in [9.17, 15) is 19.8 Å². The number of ether oxygens (including phenoxy) is 2. The van der Waals surface area contributed by atoms with Crippen LogP contribution in [0.15, 0.2) is 48.5 Å². The van der Waals surface area contributed by atoms with Gasteiger partial charge in [0.05, 0.1) is 6.61 Å². The van der Waals surface area contributed by atoms with Crippen molar-refractivity contribution in [2.24, 2.45) is 0 Å². The average Bonchev–Trinajstić information content (AvgIpc) is 3.04. The van der Waals surface area contributed by atoms with Gasteiger partial charge in [-0.15, -0.1) is 0 Å². The topological polar surface area (TPSA) is 93.1 Å². The number of phenols is 1. The van der Waals surface area contributed by atoms with Crippen molar-refractivity contribution in [3.8, 4) is 11.5 Å². The van der Waals surface area contributed by atoms with Crippen molar-refractivity contribution < 1.29 is 29.3 Å². The van der Waals surface area contributed by atoms with E-state index in [0.717, 1.165) is 6.42 Å². The number of phenolic OH excluding ortho intramolecular Hbond substituents is 1. The third-order valence-electron chi connectivity index (χ3n) is 4.27.